The molecule has 0 fully saturated rings. The first-order chi connectivity index (χ1) is 10.3. The SMILES string of the molecule is Cc1ccccc1C(=O)NCC(C)(O)c1ccc(F)cc1F. The van der Waals surface area contributed by atoms with Gasteiger partial charge < -0.3 is 10.4 Å². The van der Waals surface area contributed by atoms with E-state index in [1.165, 1.54) is 13.0 Å². The number of amides is 1. The highest BCUT2D eigenvalue weighted by molar-refractivity contribution is 5.95. The molecule has 3 nitrogen and oxygen atoms in total. The first-order valence-electron chi connectivity index (χ1n) is 6.83. The molecule has 2 N–H and O–H groups in total. The van der Waals surface area contributed by atoms with Crippen LogP contribution in [-0.2, 0) is 5.60 Å². The Morgan fingerprint density at radius 1 is 1.23 bits per heavy atom. The molecule has 22 heavy (non-hydrogen) atoms. The Morgan fingerprint density at radius 3 is 2.55 bits per heavy atom. The molecule has 0 aliphatic rings. The van der Waals surface area contributed by atoms with E-state index < -0.39 is 17.2 Å². The number of carbonyl (C=O) groups excluding carboxylic acids is 1. The lowest BCUT2D eigenvalue weighted by Crippen LogP contribution is -2.39. The molecule has 0 bridgehead atoms. The van der Waals surface area contributed by atoms with Gasteiger partial charge in [0.25, 0.3) is 5.91 Å². The van der Waals surface area contributed by atoms with E-state index in [1.807, 2.05) is 6.07 Å². The zero-order chi connectivity index (χ0) is 16.3. The largest absolute Gasteiger partial charge is 0.383 e. The first-order valence-corrected chi connectivity index (χ1v) is 6.83. The van der Waals surface area contributed by atoms with Gasteiger partial charge in [-0.2, -0.15) is 0 Å². The van der Waals surface area contributed by atoms with Crippen LogP contribution >= 0.6 is 0 Å². The van der Waals surface area contributed by atoms with Crippen LogP contribution in [0.25, 0.3) is 0 Å². The van der Waals surface area contributed by atoms with Gasteiger partial charge in [0, 0.05) is 17.2 Å². The van der Waals surface area contributed by atoms with Gasteiger partial charge in [-0.25, -0.2) is 8.78 Å². The van der Waals surface area contributed by atoms with Crippen LogP contribution in [0.1, 0.15) is 28.4 Å². The fourth-order valence-corrected chi connectivity index (χ4v) is 2.20. The van der Waals surface area contributed by atoms with Gasteiger partial charge in [0.05, 0.1) is 6.54 Å². The van der Waals surface area contributed by atoms with Gasteiger partial charge in [0.15, 0.2) is 0 Å². The molecular weight excluding hydrogens is 288 g/mol. The summed E-state index contributed by atoms with van der Waals surface area (Å²) in [6.45, 7) is 2.97. The molecule has 0 aromatic heterocycles. The quantitative estimate of drug-likeness (QED) is 0.912. The van der Waals surface area contributed by atoms with Gasteiger partial charge in [0.2, 0.25) is 0 Å². The summed E-state index contributed by atoms with van der Waals surface area (Å²) in [7, 11) is 0. The lowest BCUT2D eigenvalue weighted by molar-refractivity contribution is 0.0494. The molecule has 1 amide bonds. The summed E-state index contributed by atoms with van der Waals surface area (Å²) in [5, 5.41) is 12.9. The molecule has 0 radical (unpaired) electrons. The predicted octanol–water partition coefficient (Wildman–Crippen LogP) is 2.91. The maximum atomic E-state index is 13.7. The third-order valence-electron chi connectivity index (χ3n) is 3.49. The van der Waals surface area contributed by atoms with Gasteiger partial charge in [0.1, 0.15) is 17.2 Å². The molecule has 2 aromatic rings. The van der Waals surface area contributed by atoms with Gasteiger partial charge >= 0.3 is 0 Å². The van der Waals surface area contributed by atoms with Gasteiger partial charge in [-0.3, -0.25) is 4.79 Å². The summed E-state index contributed by atoms with van der Waals surface area (Å²) in [6, 6.07) is 9.95. The number of nitrogens with one attached hydrogen (secondary N) is 1. The van der Waals surface area contributed by atoms with Gasteiger partial charge in [-0.1, -0.05) is 24.3 Å². The standard InChI is InChI=1S/C17H17F2NO2/c1-11-5-3-4-6-13(11)16(21)20-10-17(2,22)14-8-7-12(18)9-15(14)19/h3-9,22H,10H2,1-2H3,(H,20,21). The number of carbonyl (C=O) groups is 1. The van der Waals surface area contributed by atoms with Crippen molar-refractivity contribution in [1.29, 1.82) is 0 Å². The molecule has 0 saturated heterocycles. The second-order valence-electron chi connectivity index (χ2n) is 5.40. The summed E-state index contributed by atoms with van der Waals surface area (Å²) in [4.78, 5) is 12.1. The normalized spacial score (nSPS) is 13.5. The van der Waals surface area contributed by atoms with E-state index in [9.17, 15) is 18.7 Å². The van der Waals surface area contributed by atoms with Crippen LogP contribution < -0.4 is 5.32 Å². The Hall–Kier alpha value is -2.27. The second-order valence-corrected chi connectivity index (χ2v) is 5.40. The minimum absolute atomic E-state index is 0.0704. The van der Waals surface area contributed by atoms with Crippen LogP contribution in [0.5, 0.6) is 0 Å². The van der Waals surface area contributed by atoms with Crippen LogP contribution in [0.4, 0.5) is 8.78 Å². The molecule has 2 rings (SSSR count). The fraction of sp³-hybridized carbons (Fsp3) is 0.235. The Bertz CT molecular complexity index is 699. The first kappa shape index (κ1) is 16.1. The van der Waals surface area contributed by atoms with Crippen molar-refractivity contribution in [2.24, 2.45) is 0 Å². The summed E-state index contributed by atoms with van der Waals surface area (Å²) in [6.07, 6.45) is 0. The molecule has 0 aliphatic heterocycles. The number of aliphatic hydroxyl groups is 1. The predicted molar refractivity (Wildman–Crippen MR) is 79.4 cm³/mol. The molecule has 5 heteroatoms. The molecular formula is C17H17F2NO2. The highest BCUT2D eigenvalue weighted by atomic mass is 19.1. The molecule has 1 atom stereocenters. The zero-order valence-corrected chi connectivity index (χ0v) is 12.4. The Kier molecular flexibility index (Phi) is 4.56. The third kappa shape index (κ3) is 3.49. The molecule has 0 saturated carbocycles. The van der Waals surface area contributed by atoms with E-state index in [0.29, 0.717) is 11.6 Å². The molecule has 2 aromatic carbocycles. The van der Waals surface area contributed by atoms with Crippen molar-refractivity contribution >= 4 is 5.91 Å². The minimum atomic E-state index is -1.64. The van der Waals surface area contributed by atoms with Crippen LogP contribution in [0.2, 0.25) is 0 Å². The van der Waals surface area contributed by atoms with Gasteiger partial charge in [-0.05, 0) is 31.5 Å². The summed E-state index contributed by atoms with van der Waals surface area (Å²) >= 11 is 0. The Balaban J connectivity index is 2.13. The van der Waals surface area contributed by atoms with Crippen molar-refractivity contribution in [1.82, 2.24) is 5.32 Å². The number of rotatable bonds is 4. The van der Waals surface area contributed by atoms with E-state index in [-0.39, 0.29) is 18.0 Å². The van der Waals surface area contributed by atoms with E-state index in [0.717, 1.165) is 11.6 Å². The second kappa shape index (κ2) is 6.23. The summed E-state index contributed by atoms with van der Waals surface area (Å²) in [5.41, 5.74) is -0.430. The van der Waals surface area contributed by atoms with Crippen molar-refractivity contribution in [2.45, 2.75) is 19.4 Å². The van der Waals surface area contributed by atoms with E-state index >= 15 is 0 Å². The monoisotopic (exact) mass is 305 g/mol. The van der Waals surface area contributed by atoms with E-state index in [1.54, 1.807) is 25.1 Å². The smallest absolute Gasteiger partial charge is 0.251 e. The molecule has 0 aliphatic carbocycles. The molecule has 0 heterocycles. The van der Waals surface area contributed by atoms with Crippen LogP contribution in [-0.4, -0.2) is 17.6 Å². The summed E-state index contributed by atoms with van der Waals surface area (Å²) < 4.78 is 26.7. The highest BCUT2D eigenvalue weighted by Crippen LogP contribution is 2.23. The fourth-order valence-electron chi connectivity index (χ4n) is 2.20. The van der Waals surface area contributed by atoms with Crippen molar-refractivity contribution in [2.75, 3.05) is 6.54 Å². The lowest BCUT2D eigenvalue weighted by atomic mass is 9.95. The molecule has 116 valence electrons. The average Bonchev–Trinajstić information content (AvgIpc) is 2.45. The van der Waals surface area contributed by atoms with Gasteiger partial charge in [-0.15, -0.1) is 0 Å². The van der Waals surface area contributed by atoms with Crippen molar-refractivity contribution < 1.29 is 18.7 Å². The number of hydrogen-bond donors (Lipinski definition) is 2. The zero-order valence-electron chi connectivity index (χ0n) is 12.4. The van der Waals surface area contributed by atoms with Crippen molar-refractivity contribution in [3.05, 3.63) is 70.8 Å². The molecule has 1 unspecified atom stereocenters. The maximum Gasteiger partial charge on any atom is 0.251 e. The highest BCUT2D eigenvalue weighted by Gasteiger charge is 2.27. The number of benzene rings is 2. The van der Waals surface area contributed by atoms with E-state index in [4.69, 9.17) is 0 Å². The van der Waals surface area contributed by atoms with Crippen LogP contribution in [0.3, 0.4) is 0 Å². The lowest BCUT2D eigenvalue weighted by Gasteiger charge is -2.25. The number of aryl methyl sites for hydroxylation is 1. The minimum Gasteiger partial charge on any atom is -0.383 e. The topological polar surface area (TPSA) is 49.3 Å². The number of halogens is 2. The third-order valence-corrected chi connectivity index (χ3v) is 3.49. The Morgan fingerprint density at radius 2 is 1.91 bits per heavy atom. The number of hydrogen-bond acceptors (Lipinski definition) is 2. The maximum absolute atomic E-state index is 13.7. The summed E-state index contributed by atoms with van der Waals surface area (Å²) in [5.74, 6) is -1.93. The van der Waals surface area contributed by atoms with Crippen LogP contribution in [0, 0.1) is 18.6 Å². The Labute approximate surface area is 127 Å². The van der Waals surface area contributed by atoms with Crippen molar-refractivity contribution in [3.63, 3.8) is 0 Å². The average molecular weight is 305 g/mol. The van der Waals surface area contributed by atoms with Crippen LogP contribution in [0.15, 0.2) is 42.5 Å². The molecule has 0 spiro atoms. The van der Waals surface area contributed by atoms with Crippen molar-refractivity contribution in [3.8, 4) is 0 Å². The van der Waals surface area contributed by atoms with E-state index in [2.05, 4.69) is 5.32 Å².